The van der Waals surface area contributed by atoms with Gasteiger partial charge in [-0.2, -0.15) is 9.78 Å². The van der Waals surface area contributed by atoms with Crippen LogP contribution in [0.4, 0.5) is 10.6 Å². The Morgan fingerprint density at radius 1 is 1.37 bits per heavy atom. The van der Waals surface area contributed by atoms with Gasteiger partial charge in [0.05, 0.1) is 11.8 Å². The monoisotopic (exact) mass is 372 g/mol. The Labute approximate surface area is 160 Å². The summed E-state index contributed by atoms with van der Waals surface area (Å²) >= 11 is 0. The number of urea groups is 1. The number of aromatic nitrogens is 3. The van der Waals surface area contributed by atoms with Gasteiger partial charge in [-0.3, -0.25) is 5.32 Å². The van der Waals surface area contributed by atoms with Crippen molar-refractivity contribution in [3.8, 4) is 5.82 Å². The number of hydrogen-bond acceptors (Lipinski definition) is 5. The van der Waals surface area contributed by atoms with Crippen LogP contribution >= 0.6 is 0 Å². The topological polar surface area (TPSA) is 75.5 Å². The molecule has 1 unspecified atom stereocenters. The molecule has 3 rings (SSSR count). The number of ether oxygens (including phenoxy) is 1. The van der Waals surface area contributed by atoms with Crippen LogP contribution < -0.4 is 5.32 Å². The van der Waals surface area contributed by atoms with Crippen LogP contribution in [-0.2, 0) is 4.74 Å². The Hall–Kier alpha value is -2.45. The molecule has 2 aromatic rings. The summed E-state index contributed by atoms with van der Waals surface area (Å²) in [5, 5.41) is 7.46. The Morgan fingerprint density at radius 3 is 2.89 bits per heavy atom. The fourth-order valence-corrected chi connectivity index (χ4v) is 3.06. The third kappa shape index (κ3) is 5.27. The van der Waals surface area contributed by atoms with Gasteiger partial charge in [-0.25, -0.2) is 9.78 Å². The van der Waals surface area contributed by atoms with E-state index in [1.807, 2.05) is 50.2 Å². The van der Waals surface area contributed by atoms with Gasteiger partial charge in [0.25, 0.3) is 0 Å². The van der Waals surface area contributed by atoms with Crippen LogP contribution in [-0.4, -0.2) is 77.0 Å². The molecular weight excluding hydrogens is 344 g/mol. The van der Waals surface area contributed by atoms with Crippen molar-refractivity contribution in [2.24, 2.45) is 0 Å². The highest BCUT2D eigenvalue weighted by atomic mass is 16.5. The second-order valence-corrected chi connectivity index (χ2v) is 7.09. The number of nitrogens with one attached hydrogen (secondary N) is 1. The highest BCUT2D eigenvalue weighted by molar-refractivity contribution is 5.88. The largest absolute Gasteiger partial charge is 0.376 e. The lowest BCUT2D eigenvalue weighted by Gasteiger charge is -2.27. The third-order valence-electron chi connectivity index (χ3n) is 4.49. The minimum absolute atomic E-state index is 0.111. The molecule has 1 fully saturated rings. The van der Waals surface area contributed by atoms with Gasteiger partial charge in [-0.15, -0.1) is 0 Å². The van der Waals surface area contributed by atoms with E-state index in [0.717, 1.165) is 31.7 Å². The van der Waals surface area contributed by atoms with E-state index in [-0.39, 0.29) is 12.1 Å². The highest BCUT2D eigenvalue weighted by Gasteiger charge is 2.23. The van der Waals surface area contributed by atoms with Crippen molar-refractivity contribution in [2.75, 3.05) is 45.7 Å². The molecule has 3 heterocycles. The summed E-state index contributed by atoms with van der Waals surface area (Å²) < 4.78 is 7.38. The van der Waals surface area contributed by atoms with E-state index in [4.69, 9.17) is 4.74 Å². The third-order valence-corrected chi connectivity index (χ3v) is 4.49. The molecule has 27 heavy (non-hydrogen) atoms. The van der Waals surface area contributed by atoms with Crippen molar-refractivity contribution in [1.29, 1.82) is 0 Å². The van der Waals surface area contributed by atoms with Gasteiger partial charge >= 0.3 is 6.03 Å². The maximum Gasteiger partial charge on any atom is 0.323 e. The molecule has 0 aliphatic carbocycles. The van der Waals surface area contributed by atoms with Crippen molar-refractivity contribution in [3.63, 3.8) is 0 Å². The van der Waals surface area contributed by atoms with Crippen LogP contribution in [0.5, 0.6) is 0 Å². The van der Waals surface area contributed by atoms with E-state index in [9.17, 15) is 4.79 Å². The minimum atomic E-state index is -0.149. The molecule has 1 saturated heterocycles. The number of anilines is 1. The van der Waals surface area contributed by atoms with Crippen molar-refractivity contribution >= 4 is 11.8 Å². The second-order valence-electron chi connectivity index (χ2n) is 7.09. The number of carbonyl (C=O) groups excluding carboxylic acids is 1. The maximum absolute atomic E-state index is 13.0. The average molecular weight is 372 g/mol. The summed E-state index contributed by atoms with van der Waals surface area (Å²) in [5.41, 5.74) is 0.815. The Balaban J connectivity index is 1.74. The first kappa shape index (κ1) is 19.3. The molecule has 8 nitrogen and oxygen atoms in total. The van der Waals surface area contributed by atoms with Crippen molar-refractivity contribution < 1.29 is 9.53 Å². The van der Waals surface area contributed by atoms with Crippen molar-refractivity contribution in [3.05, 3.63) is 36.2 Å². The molecule has 0 spiro atoms. The quantitative estimate of drug-likeness (QED) is 0.806. The number of nitrogens with zero attached hydrogens (tertiary/aromatic N) is 5. The van der Waals surface area contributed by atoms with Crippen LogP contribution in [0, 0.1) is 6.92 Å². The van der Waals surface area contributed by atoms with Crippen molar-refractivity contribution in [1.82, 2.24) is 24.6 Å². The number of pyridine rings is 1. The molecule has 0 bridgehead atoms. The molecule has 0 saturated carbocycles. The van der Waals surface area contributed by atoms with E-state index >= 15 is 0 Å². The molecule has 2 aromatic heterocycles. The van der Waals surface area contributed by atoms with Crippen LogP contribution in [0.3, 0.4) is 0 Å². The molecule has 1 aliphatic heterocycles. The first-order chi connectivity index (χ1) is 13.0. The fourth-order valence-electron chi connectivity index (χ4n) is 3.06. The van der Waals surface area contributed by atoms with E-state index in [1.165, 1.54) is 0 Å². The first-order valence-corrected chi connectivity index (χ1v) is 9.33. The normalized spacial score (nSPS) is 16.7. The molecular formula is C19H28N6O2. The maximum atomic E-state index is 13.0. The summed E-state index contributed by atoms with van der Waals surface area (Å²) in [7, 11) is 4.00. The lowest BCUT2D eigenvalue weighted by molar-refractivity contribution is 0.0820. The van der Waals surface area contributed by atoms with Crippen LogP contribution in [0.1, 0.15) is 18.5 Å². The zero-order chi connectivity index (χ0) is 19.2. The van der Waals surface area contributed by atoms with E-state index < -0.39 is 0 Å². The second kappa shape index (κ2) is 8.96. The summed E-state index contributed by atoms with van der Waals surface area (Å²) in [5.74, 6) is 1.28. The molecule has 8 heteroatoms. The Bertz CT molecular complexity index is 740. The molecule has 1 N–H and O–H groups in total. The molecule has 2 amide bonds. The Kier molecular flexibility index (Phi) is 6.41. The fraction of sp³-hybridized carbons (Fsp3) is 0.526. The van der Waals surface area contributed by atoms with E-state index in [2.05, 4.69) is 20.3 Å². The molecule has 1 aliphatic rings. The zero-order valence-corrected chi connectivity index (χ0v) is 16.3. The lowest BCUT2D eigenvalue weighted by atomic mass is 10.2. The lowest BCUT2D eigenvalue weighted by Crippen LogP contribution is -2.43. The molecule has 0 aromatic carbocycles. The van der Waals surface area contributed by atoms with E-state index in [1.54, 1.807) is 10.9 Å². The van der Waals surface area contributed by atoms with Gasteiger partial charge in [-0.05, 0) is 46.0 Å². The summed E-state index contributed by atoms with van der Waals surface area (Å²) in [6, 6.07) is 7.31. The van der Waals surface area contributed by atoms with E-state index in [0.29, 0.717) is 24.7 Å². The van der Waals surface area contributed by atoms with Crippen LogP contribution in [0.25, 0.3) is 5.82 Å². The summed E-state index contributed by atoms with van der Waals surface area (Å²) in [6.07, 6.45) is 3.87. The van der Waals surface area contributed by atoms with Gasteiger partial charge < -0.3 is 14.5 Å². The van der Waals surface area contributed by atoms with Gasteiger partial charge in [-0.1, -0.05) is 6.07 Å². The van der Waals surface area contributed by atoms with Gasteiger partial charge in [0.1, 0.15) is 5.82 Å². The van der Waals surface area contributed by atoms with Gasteiger partial charge in [0, 0.05) is 38.5 Å². The van der Waals surface area contributed by atoms with Gasteiger partial charge in [0.2, 0.25) is 0 Å². The van der Waals surface area contributed by atoms with Crippen molar-refractivity contribution in [2.45, 2.75) is 25.9 Å². The number of amides is 2. The number of aryl methyl sites for hydroxylation is 1. The highest BCUT2D eigenvalue weighted by Crippen LogP contribution is 2.17. The first-order valence-electron chi connectivity index (χ1n) is 9.33. The average Bonchev–Trinajstić information content (AvgIpc) is 3.28. The van der Waals surface area contributed by atoms with Gasteiger partial charge in [0.15, 0.2) is 5.82 Å². The number of likely N-dealkylation sites (N-methyl/N-ethyl adjacent to an activating group) is 1. The predicted molar refractivity (Wildman–Crippen MR) is 104 cm³/mol. The van der Waals surface area contributed by atoms with Crippen LogP contribution in [0.2, 0.25) is 0 Å². The number of carbonyl (C=O) groups is 1. The number of hydrogen-bond donors (Lipinski definition) is 1. The number of rotatable bonds is 7. The standard InChI is InChI=1S/C19H28N6O2/c1-15-13-18(25(22-15)17-8-4-5-9-20-17)21-19(26)24(11-10-23(2)3)14-16-7-6-12-27-16/h4-5,8-9,13,16H,6-7,10-12,14H2,1-3H3,(H,21,26). The molecule has 0 radical (unpaired) electrons. The molecule has 1 atom stereocenters. The Morgan fingerprint density at radius 2 is 2.22 bits per heavy atom. The zero-order valence-electron chi connectivity index (χ0n) is 16.3. The molecule has 146 valence electrons. The SMILES string of the molecule is Cc1cc(NC(=O)N(CCN(C)C)CC2CCCO2)n(-c2ccccn2)n1. The summed E-state index contributed by atoms with van der Waals surface area (Å²) in [4.78, 5) is 21.2. The smallest absolute Gasteiger partial charge is 0.323 e. The minimum Gasteiger partial charge on any atom is -0.376 e. The summed E-state index contributed by atoms with van der Waals surface area (Å²) in [6.45, 7) is 4.69. The van der Waals surface area contributed by atoms with Crippen LogP contribution in [0.15, 0.2) is 30.5 Å². The predicted octanol–water partition coefficient (Wildman–Crippen LogP) is 2.15.